The third-order valence-corrected chi connectivity index (χ3v) is 28.0. The van der Waals surface area contributed by atoms with Gasteiger partial charge in [-0.1, -0.05) is 34.6 Å². The lowest BCUT2D eigenvalue weighted by molar-refractivity contribution is -0.400. The monoisotopic (exact) mass is 2170 g/mol. The topological polar surface area (TPSA) is 1010 Å². The molecule has 10 fully saturated rings. The highest BCUT2D eigenvalue weighted by Crippen LogP contribution is 2.45. The average Bonchev–Trinajstić information content (AvgIpc) is 0.771. The van der Waals surface area contributed by atoms with Gasteiger partial charge < -0.3 is 284 Å². The van der Waals surface area contributed by atoms with Crippen LogP contribution in [-0.2, 0) is 124 Å². The van der Waals surface area contributed by atoms with Crippen LogP contribution in [0.4, 0.5) is 0 Å². The predicted molar refractivity (Wildman–Crippen MR) is 462 cm³/mol. The minimum absolute atomic E-state index is 0.530. The third kappa shape index (κ3) is 28.1. The number of nitrogens with one attached hydrogen (secondary N) is 3. The number of aliphatic carboxylic acids is 3. The molecular formula is C85H143N3O60. The van der Waals surface area contributed by atoms with Crippen molar-refractivity contribution in [3.8, 4) is 0 Å². The van der Waals surface area contributed by atoms with Crippen LogP contribution in [-0.4, -0.2) is 600 Å². The second-order valence-corrected chi connectivity index (χ2v) is 38.5. The molecule has 0 aliphatic carbocycles. The maximum absolute atomic E-state index is 13.0. The number of carboxylic acid groups (broad SMARTS) is 3. The highest BCUT2D eigenvalue weighted by Gasteiger charge is 2.64. The molecular weight excluding hydrogens is 2020 g/mol. The molecule has 148 heavy (non-hydrogen) atoms. The Hall–Kier alpha value is -5.22. The predicted octanol–water partition coefficient (Wildman–Crippen LogP) is -21.0. The van der Waals surface area contributed by atoms with Crippen molar-refractivity contribution in [1.29, 1.82) is 0 Å². The van der Waals surface area contributed by atoms with Crippen molar-refractivity contribution in [1.82, 2.24) is 16.0 Å². The number of carbonyl (C=O) groups is 6. The summed E-state index contributed by atoms with van der Waals surface area (Å²) in [5.74, 6) is -20.9. The molecule has 0 radical (unpaired) electrons. The smallest absolute Gasteiger partial charge is 0.364 e. The molecule has 37 N–H and O–H groups in total. The molecule has 0 spiro atoms. The Bertz CT molecular complexity index is 4130. The zero-order valence-corrected chi connectivity index (χ0v) is 80.7. The van der Waals surface area contributed by atoms with E-state index in [0.717, 1.165) is 20.8 Å². The number of hydrogen-bond donors (Lipinski definition) is 37. The number of aliphatic hydroxyl groups excluding tert-OH is 31. The van der Waals surface area contributed by atoms with E-state index in [1.807, 2.05) is 0 Å². The van der Waals surface area contributed by atoms with Gasteiger partial charge >= 0.3 is 17.9 Å². The molecule has 10 saturated heterocycles. The highest BCUT2D eigenvalue weighted by molar-refractivity contribution is 5.82. The SMILES string of the molecule is CC(=O)N[C@H]1C([C@H](O)[C@H](O)CO)O[C@@](OCC2O[C@@H](O[C@H]3C(O)C(C)[C@H](OC([C@H](O)OCC4O[C@@H](O[C@@H]5C(CO)O[C@@H](O[C@@H]6C(CO)O[C@@H](NC(=O)CC(C)C(=O)O)[C@@H](C)C6O)[C@@H](C)C5O)[C@H](O)C(O[C@H]5O[C@H](CO)[C@@H](O)C(O)C5O[C@@H]5OC(CO)[C@@H](O[C@@H]6OC(CO[C@]7(C(=O)O)C[C@@H](O)[C@@H](NC(C)=O)C([C@H](O)[C@H](O)CO)O7)[C@H](O)[C@H](O)C6O)C(O)[C@@H]5C)[C@@H]4O)[C@@H](O)[C@H](O)CCO)O[C@H]3CO)[C@@H](O)C(O)[C@H]2O)(C(=O)O)C[C@H]1O. The Morgan fingerprint density at radius 3 is 1.11 bits per heavy atom. The molecule has 57 atom stereocenters. The molecule has 0 aromatic heterocycles. The molecule has 858 valence electrons. The molecule has 10 aliphatic rings. The van der Waals surface area contributed by atoms with Gasteiger partial charge in [0.25, 0.3) is 11.6 Å². The van der Waals surface area contributed by atoms with E-state index < -0.39 is 482 Å². The highest BCUT2D eigenvalue weighted by atomic mass is 16.8. The van der Waals surface area contributed by atoms with E-state index in [1.165, 1.54) is 27.7 Å². The van der Waals surface area contributed by atoms with Crippen molar-refractivity contribution in [3.05, 3.63) is 0 Å². The van der Waals surface area contributed by atoms with E-state index in [9.17, 15) is 202 Å². The zero-order chi connectivity index (χ0) is 110. The Kier molecular flexibility index (Phi) is 45.6. The molecule has 3 amide bonds. The van der Waals surface area contributed by atoms with Gasteiger partial charge in [-0.25, -0.2) is 9.59 Å². The first kappa shape index (κ1) is 125. The van der Waals surface area contributed by atoms with Gasteiger partial charge in [-0.3, -0.25) is 19.2 Å². The van der Waals surface area contributed by atoms with Gasteiger partial charge in [0, 0.05) is 63.4 Å². The van der Waals surface area contributed by atoms with Crippen LogP contribution in [0.25, 0.3) is 0 Å². The summed E-state index contributed by atoms with van der Waals surface area (Å²) in [6.45, 7) is -4.45. The number of hydrogen-bond acceptors (Lipinski definition) is 57. The minimum Gasteiger partial charge on any atom is -0.481 e. The molecule has 0 bridgehead atoms. The van der Waals surface area contributed by atoms with Gasteiger partial charge in [-0.2, -0.15) is 0 Å². The summed E-state index contributed by atoms with van der Waals surface area (Å²) in [7, 11) is 0. The summed E-state index contributed by atoms with van der Waals surface area (Å²) in [4.78, 5) is 74.9. The standard InChI is InChI=1S/C85H143N3O60/c1-23(73(122)123)10-43(104)88-72-24(2)46(105)63(36(16-93)132-72)140-75-25(3)47(106)66(39(19-96)134-75)143-80-62(121)69(144-81-71(59(118)53(112)35(15-92)133-81)146-77-27(5)49(108)65(38(18-95)136-77)142-79-61(120)58(117)55(114)42(139-79)22-131-85(83(127)128)12-32(101)45(87-29(7)98)68(148-85)52(111)34(103)14-91)56(115)40(137-80)20-129-74(124)70(50(109)30(99)8-9-89)145-76-26(4)48(107)64(37(17-94)135-76)141-78-60(119)57(116)54(113)41(138-78)21-130-84(82(125)126)11-31(100)44(86-28(6)97)67(147-84)51(110)33(102)13-90/h23-27,30-42,44-72,74-81,89-96,99-103,105-121,124H,8-22H2,1-7H3,(H,86,97)(H,87,98)(H,88,104)(H,122,123)(H,125,126)(H,127,128)/t23?,24-,25-,26?,27-,30+,31+,32+,33+,34+,35+,36?,37-,38?,39?,40?,41?,42?,44+,45+,46?,47?,48?,49?,50-,51+,52+,53+,54-,55-,56+,57?,58-,59?,60-,61?,62+,63+,64+,65+,66+,67?,68?,69?,70?,71?,72+,74+,75-,76-,77-,78-,79-,80-,81+,84+,85+/m0/s1. The molecule has 63 heteroatoms. The lowest BCUT2D eigenvalue weighted by atomic mass is 9.88. The van der Waals surface area contributed by atoms with Crippen LogP contribution in [0.2, 0.25) is 0 Å². The first-order valence-electron chi connectivity index (χ1n) is 47.7. The second-order valence-electron chi connectivity index (χ2n) is 38.5. The van der Waals surface area contributed by atoms with Crippen molar-refractivity contribution in [3.63, 3.8) is 0 Å². The van der Waals surface area contributed by atoms with E-state index in [1.54, 1.807) is 0 Å². The Labute approximate surface area is 840 Å². The first-order valence-corrected chi connectivity index (χ1v) is 47.7. The van der Waals surface area contributed by atoms with E-state index in [-0.39, 0.29) is 0 Å². The zero-order valence-electron chi connectivity index (χ0n) is 80.7. The van der Waals surface area contributed by atoms with E-state index in [2.05, 4.69) is 16.0 Å². The maximum Gasteiger partial charge on any atom is 0.364 e. The fraction of sp³-hybridized carbons (Fsp3) is 0.929. The summed E-state index contributed by atoms with van der Waals surface area (Å²) in [5, 5.41) is 386. The molecule has 0 aromatic rings. The minimum atomic E-state index is -3.08. The summed E-state index contributed by atoms with van der Waals surface area (Å²) in [6, 6.07) is -3.33. The molecule has 10 aliphatic heterocycles. The van der Waals surface area contributed by atoms with Gasteiger partial charge in [-0.05, 0) is 6.42 Å². The van der Waals surface area contributed by atoms with Crippen LogP contribution in [0.3, 0.4) is 0 Å². The lowest BCUT2D eigenvalue weighted by Crippen LogP contribution is -2.68. The molecule has 10 heterocycles. The Morgan fingerprint density at radius 1 is 0.365 bits per heavy atom. The largest absolute Gasteiger partial charge is 0.481 e. The van der Waals surface area contributed by atoms with Crippen LogP contribution in [0.1, 0.15) is 74.1 Å². The van der Waals surface area contributed by atoms with E-state index in [0.29, 0.717) is 0 Å². The Morgan fingerprint density at radius 2 is 0.716 bits per heavy atom. The summed E-state index contributed by atoms with van der Waals surface area (Å²) in [6.07, 6.45) is -105. The molecule has 10 rings (SSSR count). The van der Waals surface area contributed by atoms with Crippen molar-refractivity contribution in [2.45, 2.75) is 392 Å². The summed E-state index contributed by atoms with van der Waals surface area (Å²) in [5.41, 5.74) is 0. The summed E-state index contributed by atoms with van der Waals surface area (Å²) >= 11 is 0. The van der Waals surface area contributed by atoms with Crippen molar-refractivity contribution in [2.24, 2.45) is 29.6 Å². The summed E-state index contributed by atoms with van der Waals surface area (Å²) < 4.78 is 119. The second kappa shape index (κ2) is 54.2. The Balaban J connectivity index is 0.901. The van der Waals surface area contributed by atoms with Crippen molar-refractivity contribution in [2.75, 3.05) is 72.7 Å². The number of aliphatic hydroxyl groups is 31. The number of carbonyl (C=O) groups excluding carboxylic acids is 3. The maximum atomic E-state index is 13.0. The van der Waals surface area contributed by atoms with Crippen molar-refractivity contribution < 1.29 is 297 Å². The molecule has 0 saturated carbocycles. The molecule has 0 aromatic carbocycles. The van der Waals surface area contributed by atoms with Gasteiger partial charge in [0.2, 0.25) is 17.7 Å². The van der Waals surface area contributed by atoms with Crippen LogP contribution >= 0.6 is 0 Å². The lowest BCUT2D eigenvalue weighted by Gasteiger charge is -2.51. The van der Waals surface area contributed by atoms with E-state index in [4.69, 9.17) is 94.7 Å². The molecule has 63 nitrogen and oxygen atoms in total. The van der Waals surface area contributed by atoms with E-state index >= 15 is 0 Å². The van der Waals surface area contributed by atoms with Crippen LogP contribution in [0.5, 0.6) is 0 Å². The van der Waals surface area contributed by atoms with Crippen LogP contribution in [0, 0.1) is 29.6 Å². The van der Waals surface area contributed by atoms with Gasteiger partial charge in [0.1, 0.15) is 202 Å². The average molecular weight is 2170 g/mol. The quantitative estimate of drug-likeness (QED) is 0.0252. The first-order chi connectivity index (χ1) is 69.6. The third-order valence-electron chi connectivity index (χ3n) is 28.0. The number of amides is 3. The number of carboxylic acids is 3. The fourth-order valence-corrected chi connectivity index (χ4v) is 18.9. The fourth-order valence-electron chi connectivity index (χ4n) is 18.9. The molecule has 20 unspecified atom stereocenters. The van der Waals surface area contributed by atoms with Gasteiger partial charge in [-0.15, -0.1) is 0 Å². The number of ether oxygens (including phenoxy) is 20. The number of rotatable bonds is 47. The van der Waals surface area contributed by atoms with Crippen LogP contribution < -0.4 is 16.0 Å². The van der Waals surface area contributed by atoms with Crippen molar-refractivity contribution >= 4 is 35.6 Å². The van der Waals surface area contributed by atoms with Gasteiger partial charge in [0.05, 0.1) is 127 Å². The van der Waals surface area contributed by atoms with Gasteiger partial charge in [0.15, 0.2) is 50.3 Å². The normalized spacial score (nSPS) is 45.0. The van der Waals surface area contributed by atoms with Crippen LogP contribution in [0.15, 0.2) is 0 Å².